The van der Waals surface area contributed by atoms with Gasteiger partial charge in [-0.2, -0.15) is 0 Å². The molecule has 0 atom stereocenters. The third kappa shape index (κ3) is 3.12. The summed E-state index contributed by atoms with van der Waals surface area (Å²) in [5, 5.41) is 5.36. The number of carbonyl (C=O) groups is 1. The monoisotopic (exact) mass is 209 g/mol. The lowest BCUT2D eigenvalue weighted by atomic mass is 10.2. The van der Waals surface area contributed by atoms with E-state index in [9.17, 15) is 4.79 Å². The smallest absolute Gasteiger partial charge is 0.257 e. The van der Waals surface area contributed by atoms with Crippen LogP contribution in [-0.4, -0.2) is 17.7 Å². The fourth-order valence-corrected chi connectivity index (χ4v) is 1.08. The first kappa shape index (κ1) is 10.6. The predicted octanol–water partition coefficient (Wildman–Crippen LogP) is 0.207. The molecule has 1 aromatic carbocycles. The summed E-state index contributed by atoms with van der Waals surface area (Å²) in [5.41, 5.74) is 5.76. The third-order valence-electron chi connectivity index (χ3n) is 1.53. The molecule has 1 rings (SSSR count). The molecule has 0 aliphatic rings. The van der Waals surface area contributed by atoms with Crippen molar-refractivity contribution in [2.75, 3.05) is 6.67 Å². The summed E-state index contributed by atoms with van der Waals surface area (Å²) in [5.74, 6) is -0.239. The Morgan fingerprint density at radius 3 is 2.57 bits per heavy atom. The summed E-state index contributed by atoms with van der Waals surface area (Å²) in [4.78, 5) is 11.5. The van der Waals surface area contributed by atoms with Crippen molar-refractivity contribution in [3.63, 3.8) is 0 Å². The summed E-state index contributed by atoms with van der Waals surface area (Å²) < 4.78 is 0. The molecule has 0 bridgehead atoms. The zero-order valence-electron chi connectivity index (χ0n) is 7.49. The highest BCUT2D eigenvalue weighted by Gasteiger charge is 2.05. The molecular formula is C9H11N3OS. The van der Waals surface area contributed by atoms with Crippen LogP contribution in [0, 0.1) is 0 Å². The maximum Gasteiger partial charge on any atom is 0.257 e. The number of rotatable bonds is 2. The second kappa shape index (κ2) is 5.31. The van der Waals surface area contributed by atoms with Gasteiger partial charge in [-0.15, -0.1) is 0 Å². The first-order chi connectivity index (χ1) is 6.74. The Morgan fingerprint density at radius 2 is 2.00 bits per heavy atom. The number of hydrogen-bond donors (Lipinski definition) is 3. The van der Waals surface area contributed by atoms with E-state index >= 15 is 0 Å². The van der Waals surface area contributed by atoms with E-state index in [0.29, 0.717) is 5.56 Å². The number of amides is 1. The van der Waals surface area contributed by atoms with Gasteiger partial charge in [-0.1, -0.05) is 18.2 Å². The van der Waals surface area contributed by atoms with Crippen molar-refractivity contribution in [2.24, 2.45) is 5.73 Å². The summed E-state index contributed by atoms with van der Waals surface area (Å²) in [6, 6.07) is 8.83. The lowest BCUT2D eigenvalue weighted by Crippen LogP contribution is -2.41. The fraction of sp³-hybridized carbons (Fsp3) is 0.111. The normalized spacial score (nSPS) is 9.21. The Hall–Kier alpha value is -1.46. The third-order valence-corrected chi connectivity index (χ3v) is 1.77. The van der Waals surface area contributed by atoms with Crippen molar-refractivity contribution in [1.29, 1.82) is 0 Å². The minimum Gasteiger partial charge on any atom is -0.350 e. The quantitative estimate of drug-likeness (QED) is 0.481. The molecule has 0 heterocycles. The molecule has 0 aliphatic carbocycles. The molecule has 0 saturated heterocycles. The van der Waals surface area contributed by atoms with Crippen LogP contribution in [-0.2, 0) is 0 Å². The molecule has 74 valence electrons. The molecule has 0 aliphatic heterocycles. The number of benzene rings is 1. The fourth-order valence-electron chi connectivity index (χ4n) is 0.902. The highest BCUT2D eigenvalue weighted by Crippen LogP contribution is 1.97. The minimum atomic E-state index is -0.239. The van der Waals surface area contributed by atoms with Gasteiger partial charge in [0.05, 0.1) is 6.67 Å². The Kier molecular flexibility index (Phi) is 4.03. The average molecular weight is 209 g/mol. The highest BCUT2D eigenvalue weighted by atomic mass is 32.1. The van der Waals surface area contributed by atoms with E-state index < -0.39 is 0 Å². The molecule has 0 aromatic heterocycles. The Bertz CT molecular complexity index is 326. The van der Waals surface area contributed by atoms with E-state index in [4.69, 9.17) is 18.0 Å². The maximum atomic E-state index is 11.5. The van der Waals surface area contributed by atoms with E-state index in [1.165, 1.54) is 0 Å². The number of thiocarbonyl (C=S) groups is 1. The summed E-state index contributed by atoms with van der Waals surface area (Å²) in [6.07, 6.45) is 0. The highest BCUT2D eigenvalue weighted by molar-refractivity contribution is 7.80. The molecular weight excluding hydrogens is 198 g/mol. The van der Waals surface area contributed by atoms with Crippen LogP contribution in [0.15, 0.2) is 30.3 Å². The topological polar surface area (TPSA) is 67.2 Å². The molecule has 5 heteroatoms. The molecule has 4 nitrogen and oxygen atoms in total. The Balaban J connectivity index is 2.55. The van der Waals surface area contributed by atoms with Crippen LogP contribution in [0.4, 0.5) is 0 Å². The molecule has 0 spiro atoms. The van der Waals surface area contributed by atoms with Crippen molar-refractivity contribution >= 4 is 23.2 Å². The molecule has 4 N–H and O–H groups in total. The standard InChI is InChI=1S/C9H11N3OS/c10-6-11-9(14)12-8(13)7-4-2-1-3-5-7/h1-5H,6,10H2,(H2,11,12,13,14). The van der Waals surface area contributed by atoms with E-state index in [0.717, 1.165) is 0 Å². The van der Waals surface area contributed by atoms with Crippen LogP contribution >= 0.6 is 12.2 Å². The van der Waals surface area contributed by atoms with Crippen molar-refractivity contribution in [3.05, 3.63) is 35.9 Å². The van der Waals surface area contributed by atoms with E-state index in [-0.39, 0.29) is 17.7 Å². The van der Waals surface area contributed by atoms with Gasteiger partial charge in [-0.25, -0.2) is 0 Å². The van der Waals surface area contributed by atoms with E-state index in [1.54, 1.807) is 24.3 Å². The van der Waals surface area contributed by atoms with Crippen LogP contribution in [0.2, 0.25) is 0 Å². The van der Waals surface area contributed by atoms with Crippen molar-refractivity contribution < 1.29 is 4.79 Å². The first-order valence-electron chi connectivity index (χ1n) is 4.08. The molecule has 0 saturated carbocycles. The van der Waals surface area contributed by atoms with Crippen LogP contribution < -0.4 is 16.4 Å². The van der Waals surface area contributed by atoms with Crippen molar-refractivity contribution in [3.8, 4) is 0 Å². The summed E-state index contributed by atoms with van der Waals surface area (Å²) in [7, 11) is 0. The van der Waals surface area contributed by atoms with Crippen molar-refractivity contribution in [1.82, 2.24) is 10.6 Å². The van der Waals surface area contributed by atoms with Gasteiger partial charge in [0.25, 0.3) is 5.91 Å². The van der Waals surface area contributed by atoms with Gasteiger partial charge in [-0.3, -0.25) is 10.1 Å². The lowest BCUT2D eigenvalue weighted by molar-refractivity contribution is 0.0976. The average Bonchev–Trinajstić information content (AvgIpc) is 2.19. The molecule has 0 radical (unpaired) electrons. The van der Waals surface area contributed by atoms with Gasteiger partial charge in [0.2, 0.25) is 0 Å². The zero-order valence-corrected chi connectivity index (χ0v) is 8.30. The van der Waals surface area contributed by atoms with Gasteiger partial charge in [0.15, 0.2) is 5.11 Å². The second-order valence-corrected chi connectivity index (χ2v) is 2.94. The Labute approximate surface area is 87.5 Å². The van der Waals surface area contributed by atoms with Gasteiger partial charge in [0, 0.05) is 5.56 Å². The van der Waals surface area contributed by atoms with Gasteiger partial charge >= 0.3 is 0 Å². The van der Waals surface area contributed by atoms with Gasteiger partial charge in [0.1, 0.15) is 0 Å². The summed E-state index contributed by atoms with van der Waals surface area (Å²) in [6.45, 7) is 0.202. The predicted molar refractivity (Wildman–Crippen MR) is 58.7 cm³/mol. The SMILES string of the molecule is NCNC(=S)NC(=O)c1ccccc1. The lowest BCUT2D eigenvalue weighted by Gasteiger charge is -2.06. The molecule has 0 unspecified atom stereocenters. The van der Waals surface area contributed by atoms with Crippen LogP contribution in [0.1, 0.15) is 10.4 Å². The van der Waals surface area contributed by atoms with Gasteiger partial charge in [-0.05, 0) is 24.4 Å². The Morgan fingerprint density at radius 1 is 1.36 bits per heavy atom. The molecule has 1 aromatic rings. The van der Waals surface area contributed by atoms with E-state index in [1.807, 2.05) is 6.07 Å². The molecule has 0 fully saturated rings. The first-order valence-corrected chi connectivity index (χ1v) is 4.49. The second-order valence-electron chi connectivity index (χ2n) is 2.53. The van der Waals surface area contributed by atoms with Gasteiger partial charge < -0.3 is 11.1 Å². The van der Waals surface area contributed by atoms with Crippen molar-refractivity contribution in [2.45, 2.75) is 0 Å². The molecule has 1 amide bonds. The van der Waals surface area contributed by atoms with Crippen LogP contribution in [0.5, 0.6) is 0 Å². The zero-order chi connectivity index (χ0) is 10.4. The number of nitrogens with two attached hydrogens (primary N) is 1. The minimum absolute atomic E-state index is 0.202. The number of carbonyl (C=O) groups excluding carboxylic acids is 1. The number of nitrogens with one attached hydrogen (secondary N) is 2. The van der Waals surface area contributed by atoms with E-state index in [2.05, 4.69) is 10.6 Å². The maximum absolute atomic E-state index is 11.5. The number of hydrogen-bond acceptors (Lipinski definition) is 3. The molecule has 14 heavy (non-hydrogen) atoms. The summed E-state index contributed by atoms with van der Waals surface area (Å²) >= 11 is 4.81. The largest absolute Gasteiger partial charge is 0.350 e. The van der Waals surface area contributed by atoms with Crippen LogP contribution in [0.3, 0.4) is 0 Å². The van der Waals surface area contributed by atoms with Crippen LogP contribution in [0.25, 0.3) is 0 Å².